The maximum Gasteiger partial charge on any atom is 0.128 e. The number of hydrogen-bond donors (Lipinski definition) is 0. The second-order valence-electron chi connectivity index (χ2n) is 6.81. The van der Waals surface area contributed by atoms with E-state index in [-0.39, 0.29) is 0 Å². The first-order chi connectivity index (χ1) is 11.7. The summed E-state index contributed by atoms with van der Waals surface area (Å²) in [7, 11) is 0. The molecule has 0 radical (unpaired) electrons. The molecule has 0 unspecified atom stereocenters. The lowest BCUT2D eigenvalue weighted by Crippen LogP contribution is -2.04. The van der Waals surface area contributed by atoms with Crippen LogP contribution in [0.3, 0.4) is 0 Å². The molecular weight excluding hydrogens is 300 g/mol. The quantitative estimate of drug-likeness (QED) is 0.724. The molecule has 1 aromatic heterocycles. The Balaban J connectivity index is 1.66. The SMILES string of the molecule is Cc1cc2ncn(Cc3c4c(cc5c3OCC5)OCC4)c2cc1C. The maximum atomic E-state index is 5.97. The van der Waals surface area contributed by atoms with Crippen LogP contribution >= 0.6 is 0 Å². The van der Waals surface area contributed by atoms with E-state index < -0.39 is 0 Å². The lowest BCUT2D eigenvalue weighted by Gasteiger charge is -2.14. The Labute approximate surface area is 141 Å². The first kappa shape index (κ1) is 13.9. The average Bonchev–Trinajstić information content (AvgIpc) is 3.28. The summed E-state index contributed by atoms with van der Waals surface area (Å²) in [5, 5.41) is 0. The minimum absolute atomic E-state index is 0.772. The second kappa shape index (κ2) is 5.00. The first-order valence-electron chi connectivity index (χ1n) is 8.56. The fourth-order valence-electron chi connectivity index (χ4n) is 3.86. The molecule has 0 fully saturated rings. The van der Waals surface area contributed by atoms with Crippen molar-refractivity contribution in [3.63, 3.8) is 0 Å². The van der Waals surface area contributed by atoms with E-state index in [1.54, 1.807) is 0 Å². The monoisotopic (exact) mass is 320 g/mol. The number of imidazole rings is 1. The van der Waals surface area contributed by atoms with Crippen molar-refractivity contribution in [1.29, 1.82) is 0 Å². The van der Waals surface area contributed by atoms with Crippen molar-refractivity contribution >= 4 is 11.0 Å². The Morgan fingerprint density at radius 1 is 1.04 bits per heavy atom. The molecule has 4 nitrogen and oxygen atoms in total. The summed E-state index contributed by atoms with van der Waals surface area (Å²) in [6.45, 7) is 6.62. The molecule has 0 aliphatic carbocycles. The Hall–Kier alpha value is -2.49. The number of nitrogens with zero attached hydrogens (tertiary/aromatic N) is 2. The molecule has 24 heavy (non-hydrogen) atoms. The normalized spacial score (nSPS) is 15.2. The highest BCUT2D eigenvalue weighted by molar-refractivity contribution is 5.77. The van der Waals surface area contributed by atoms with Gasteiger partial charge in [0.2, 0.25) is 0 Å². The third-order valence-electron chi connectivity index (χ3n) is 5.33. The van der Waals surface area contributed by atoms with Crippen LogP contribution in [0.4, 0.5) is 0 Å². The van der Waals surface area contributed by atoms with Gasteiger partial charge in [0.25, 0.3) is 0 Å². The van der Waals surface area contributed by atoms with Crippen molar-refractivity contribution in [3.8, 4) is 11.5 Å². The lowest BCUT2D eigenvalue weighted by atomic mass is 9.99. The number of benzene rings is 2. The molecule has 2 aliphatic heterocycles. The van der Waals surface area contributed by atoms with Gasteiger partial charge >= 0.3 is 0 Å². The highest BCUT2D eigenvalue weighted by atomic mass is 16.5. The van der Waals surface area contributed by atoms with Gasteiger partial charge in [-0.2, -0.15) is 0 Å². The predicted octanol–water partition coefficient (Wildman–Crippen LogP) is 3.57. The summed E-state index contributed by atoms with van der Waals surface area (Å²) in [5.41, 5.74) is 8.68. The summed E-state index contributed by atoms with van der Waals surface area (Å²) in [4.78, 5) is 4.59. The molecule has 0 saturated carbocycles. The Kier molecular flexibility index (Phi) is 2.90. The Morgan fingerprint density at radius 3 is 2.79 bits per heavy atom. The molecule has 0 atom stereocenters. The molecule has 0 saturated heterocycles. The van der Waals surface area contributed by atoms with Crippen LogP contribution in [0.1, 0.15) is 27.8 Å². The highest BCUT2D eigenvalue weighted by Crippen LogP contribution is 2.41. The highest BCUT2D eigenvalue weighted by Gasteiger charge is 2.26. The van der Waals surface area contributed by atoms with Gasteiger partial charge in [0, 0.05) is 29.5 Å². The van der Waals surface area contributed by atoms with Crippen molar-refractivity contribution in [2.45, 2.75) is 33.2 Å². The number of aromatic nitrogens is 2. The maximum absolute atomic E-state index is 5.97. The second-order valence-corrected chi connectivity index (χ2v) is 6.81. The van der Waals surface area contributed by atoms with Crippen LogP contribution in [0.5, 0.6) is 11.5 Å². The van der Waals surface area contributed by atoms with Gasteiger partial charge in [0.1, 0.15) is 11.5 Å². The molecule has 0 bridgehead atoms. The van der Waals surface area contributed by atoms with Gasteiger partial charge in [-0.25, -0.2) is 4.98 Å². The van der Waals surface area contributed by atoms with Crippen LogP contribution in [-0.4, -0.2) is 22.8 Å². The summed E-state index contributed by atoms with van der Waals surface area (Å²) < 4.78 is 14.0. The summed E-state index contributed by atoms with van der Waals surface area (Å²) in [5.74, 6) is 2.12. The van der Waals surface area contributed by atoms with E-state index in [1.165, 1.54) is 33.3 Å². The van der Waals surface area contributed by atoms with Gasteiger partial charge in [-0.15, -0.1) is 0 Å². The lowest BCUT2D eigenvalue weighted by molar-refractivity contribution is 0.352. The summed E-state index contributed by atoms with van der Waals surface area (Å²) in [6.07, 6.45) is 3.88. The predicted molar refractivity (Wildman–Crippen MR) is 93.1 cm³/mol. The molecule has 2 aliphatic rings. The van der Waals surface area contributed by atoms with E-state index in [0.717, 1.165) is 49.6 Å². The average molecular weight is 320 g/mol. The third-order valence-corrected chi connectivity index (χ3v) is 5.33. The van der Waals surface area contributed by atoms with Crippen LogP contribution in [0, 0.1) is 13.8 Å². The summed E-state index contributed by atoms with van der Waals surface area (Å²) in [6, 6.07) is 6.58. The summed E-state index contributed by atoms with van der Waals surface area (Å²) >= 11 is 0. The number of aryl methyl sites for hydroxylation is 2. The van der Waals surface area contributed by atoms with Gasteiger partial charge in [-0.1, -0.05) is 0 Å². The van der Waals surface area contributed by atoms with Gasteiger partial charge in [0.05, 0.1) is 37.1 Å². The smallest absolute Gasteiger partial charge is 0.128 e. The van der Waals surface area contributed by atoms with E-state index in [0.29, 0.717) is 0 Å². The van der Waals surface area contributed by atoms with E-state index in [1.807, 2.05) is 6.33 Å². The van der Waals surface area contributed by atoms with Gasteiger partial charge in [-0.05, 0) is 43.2 Å². The standard InChI is InChI=1S/C20H20N2O2/c1-12-7-17-18(8-13(12)2)22(11-21-17)10-16-15-4-6-23-19(15)9-14-3-5-24-20(14)16/h7-9,11H,3-6,10H2,1-2H3. The largest absolute Gasteiger partial charge is 0.493 e. The van der Waals surface area contributed by atoms with Crippen molar-refractivity contribution in [2.75, 3.05) is 13.2 Å². The minimum atomic E-state index is 0.772. The van der Waals surface area contributed by atoms with Crippen molar-refractivity contribution < 1.29 is 9.47 Å². The third kappa shape index (κ3) is 1.95. The van der Waals surface area contributed by atoms with Crippen molar-refractivity contribution in [3.05, 3.63) is 52.3 Å². The van der Waals surface area contributed by atoms with E-state index >= 15 is 0 Å². The Morgan fingerprint density at radius 2 is 1.88 bits per heavy atom. The van der Waals surface area contributed by atoms with Crippen LogP contribution < -0.4 is 9.47 Å². The molecule has 0 N–H and O–H groups in total. The minimum Gasteiger partial charge on any atom is -0.493 e. The zero-order valence-electron chi connectivity index (χ0n) is 14.1. The number of ether oxygens (including phenoxy) is 2. The van der Waals surface area contributed by atoms with Crippen LogP contribution in [0.2, 0.25) is 0 Å². The molecule has 3 heterocycles. The van der Waals surface area contributed by atoms with Gasteiger partial charge in [0.15, 0.2) is 0 Å². The van der Waals surface area contributed by atoms with Crippen molar-refractivity contribution in [2.24, 2.45) is 0 Å². The Bertz CT molecular complexity index is 939. The molecule has 5 rings (SSSR count). The zero-order valence-corrected chi connectivity index (χ0v) is 14.1. The molecule has 0 spiro atoms. The van der Waals surface area contributed by atoms with E-state index in [9.17, 15) is 0 Å². The van der Waals surface area contributed by atoms with E-state index in [2.05, 4.69) is 41.6 Å². The van der Waals surface area contributed by atoms with E-state index in [4.69, 9.17) is 9.47 Å². The van der Waals surface area contributed by atoms with Gasteiger partial charge in [-0.3, -0.25) is 0 Å². The zero-order chi connectivity index (χ0) is 16.3. The molecule has 4 heteroatoms. The van der Waals surface area contributed by atoms with Crippen molar-refractivity contribution in [1.82, 2.24) is 9.55 Å². The van der Waals surface area contributed by atoms with Crippen LogP contribution in [0.15, 0.2) is 24.5 Å². The number of rotatable bonds is 2. The van der Waals surface area contributed by atoms with Gasteiger partial charge < -0.3 is 14.0 Å². The number of hydrogen-bond acceptors (Lipinski definition) is 3. The topological polar surface area (TPSA) is 36.3 Å². The molecule has 2 aromatic carbocycles. The first-order valence-corrected chi connectivity index (χ1v) is 8.56. The molecule has 122 valence electrons. The fraction of sp³-hybridized carbons (Fsp3) is 0.350. The number of fused-ring (bicyclic) bond motifs is 3. The molecule has 3 aromatic rings. The molecular formula is C20H20N2O2. The molecule has 0 amide bonds. The van der Waals surface area contributed by atoms with Crippen LogP contribution in [-0.2, 0) is 19.4 Å². The fourth-order valence-corrected chi connectivity index (χ4v) is 3.86. The van der Waals surface area contributed by atoms with Crippen LogP contribution in [0.25, 0.3) is 11.0 Å².